The van der Waals surface area contributed by atoms with Gasteiger partial charge in [0.1, 0.15) is 0 Å². The summed E-state index contributed by atoms with van der Waals surface area (Å²) in [6.07, 6.45) is 3.25. The molecule has 0 bridgehead atoms. The highest BCUT2D eigenvalue weighted by Crippen LogP contribution is 2.21. The Labute approximate surface area is 148 Å². The number of sulfonamides is 1. The van der Waals surface area contributed by atoms with E-state index >= 15 is 0 Å². The molecule has 1 rings (SSSR count). The van der Waals surface area contributed by atoms with Crippen LogP contribution in [0.1, 0.15) is 25.3 Å². The van der Waals surface area contributed by atoms with E-state index in [1.807, 2.05) is 6.92 Å². The normalized spacial score (nSPS) is 11.7. The van der Waals surface area contributed by atoms with E-state index in [-0.39, 0.29) is 12.5 Å². The van der Waals surface area contributed by atoms with Gasteiger partial charge >= 0.3 is 0 Å². The number of halogens is 2. The Kier molecular flexibility index (Phi) is 8.33. The Morgan fingerprint density at radius 2 is 2.00 bits per heavy atom. The second kappa shape index (κ2) is 9.47. The van der Waals surface area contributed by atoms with Gasteiger partial charge in [0.15, 0.2) is 0 Å². The fraction of sp³-hybridized carbons (Fsp3) is 0.533. The van der Waals surface area contributed by atoms with Crippen LogP contribution in [0.5, 0.6) is 0 Å². The molecule has 0 aliphatic carbocycles. The predicted octanol–water partition coefficient (Wildman–Crippen LogP) is 2.71. The van der Waals surface area contributed by atoms with Crippen LogP contribution in [0.2, 0.25) is 10.0 Å². The van der Waals surface area contributed by atoms with E-state index in [0.717, 1.165) is 24.7 Å². The van der Waals surface area contributed by atoms with Gasteiger partial charge in [-0.25, -0.2) is 8.42 Å². The molecule has 0 radical (unpaired) electrons. The lowest BCUT2D eigenvalue weighted by molar-refractivity contribution is -0.121. The van der Waals surface area contributed by atoms with Crippen molar-refractivity contribution in [2.45, 2.75) is 26.2 Å². The highest BCUT2D eigenvalue weighted by Gasteiger charge is 2.19. The molecule has 5 nitrogen and oxygen atoms in total. The number of nitrogens with zero attached hydrogens (tertiary/aromatic N) is 1. The van der Waals surface area contributed by atoms with Crippen molar-refractivity contribution in [3.63, 3.8) is 0 Å². The second-order valence-corrected chi connectivity index (χ2v) is 8.11. The monoisotopic (exact) mass is 380 g/mol. The summed E-state index contributed by atoms with van der Waals surface area (Å²) in [6, 6.07) is 5.19. The SMILES string of the molecule is CCCCN(CC(=O)NCCc1ccc(Cl)cc1Cl)S(C)(=O)=O. The highest BCUT2D eigenvalue weighted by atomic mass is 35.5. The third-order valence-corrected chi connectivity index (χ3v) is 5.12. The summed E-state index contributed by atoms with van der Waals surface area (Å²) in [5.74, 6) is -0.323. The molecule has 0 saturated heterocycles. The third-order valence-electron chi connectivity index (χ3n) is 3.28. The minimum atomic E-state index is -3.38. The number of hydrogen-bond donors (Lipinski definition) is 1. The summed E-state index contributed by atoms with van der Waals surface area (Å²) in [5, 5.41) is 3.82. The summed E-state index contributed by atoms with van der Waals surface area (Å²) in [4.78, 5) is 11.9. The molecule has 0 fully saturated rings. The second-order valence-electron chi connectivity index (χ2n) is 5.29. The summed E-state index contributed by atoms with van der Waals surface area (Å²) in [7, 11) is -3.38. The summed E-state index contributed by atoms with van der Waals surface area (Å²) >= 11 is 11.9. The number of unbranched alkanes of at least 4 members (excludes halogenated alkanes) is 1. The Morgan fingerprint density at radius 3 is 2.57 bits per heavy atom. The molecule has 1 amide bonds. The lowest BCUT2D eigenvalue weighted by Crippen LogP contribution is -2.41. The molecule has 0 saturated carbocycles. The predicted molar refractivity (Wildman–Crippen MR) is 94.5 cm³/mol. The van der Waals surface area contributed by atoms with Gasteiger partial charge < -0.3 is 5.32 Å². The standard InChI is InChI=1S/C15H22Cl2N2O3S/c1-3-4-9-19(23(2,21)22)11-15(20)18-8-7-12-5-6-13(16)10-14(12)17/h5-6,10H,3-4,7-9,11H2,1-2H3,(H,18,20). The quantitative estimate of drug-likeness (QED) is 0.715. The minimum Gasteiger partial charge on any atom is -0.355 e. The maximum absolute atomic E-state index is 11.9. The molecule has 0 aromatic heterocycles. The number of benzene rings is 1. The summed E-state index contributed by atoms with van der Waals surface area (Å²) < 4.78 is 24.5. The van der Waals surface area contributed by atoms with Crippen molar-refractivity contribution in [3.05, 3.63) is 33.8 Å². The highest BCUT2D eigenvalue weighted by molar-refractivity contribution is 7.88. The molecule has 0 aliphatic rings. The largest absolute Gasteiger partial charge is 0.355 e. The van der Waals surface area contributed by atoms with Gasteiger partial charge in [0.25, 0.3) is 0 Å². The van der Waals surface area contributed by atoms with Crippen molar-refractivity contribution in [1.29, 1.82) is 0 Å². The van der Waals surface area contributed by atoms with Crippen molar-refractivity contribution in [1.82, 2.24) is 9.62 Å². The molecule has 0 spiro atoms. The first-order valence-electron chi connectivity index (χ1n) is 7.39. The van der Waals surface area contributed by atoms with Crippen LogP contribution in [0.25, 0.3) is 0 Å². The Hall–Kier alpha value is -0.820. The average Bonchev–Trinajstić information content (AvgIpc) is 2.44. The van der Waals surface area contributed by atoms with E-state index in [2.05, 4.69) is 5.32 Å². The lowest BCUT2D eigenvalue weighted by Gasteiger charge is -2.19. The molecule has 0 aliphatic heterocycles. The van der Waals surface area contributed by atoms with Gasteiger partial charge in [0.2, 0.25) is 15.9 Å². The summed E-state index contributed by atoms with van der Waals surface area (Å²) in [6.45, 7) is 2.54. The van der Waals surface area contributed by atoms with Crippen LogP contribution in [0, 0.1) is 0 Å². The van der Waals surface area contributed by atoms with Gasteiger partial charge in [-0.1, -0.05) is 42.6 Å². The lowest BCUT2D eigenvalue weighted by atomic mass is 10.1. The zero-order valence-electron chi connectivity index (χ0n) is 13.3. The molecule has 8 heteroatoms. The molecular weight excluding hydrogens is 359 g/mol. The molecule has 1 aromatic carbocycles. The summed E-state index contributed by atoms with van der Waals surface area (Å²) in [5.41, 5.74) is 0.877. The molecular formula is C15H22Cl2N2O3S. The molecule has 1 aromatic rings. The molecule has 130 valence electrons. The molecule has 0 heterocycles. The van der Waals surface area contributed by atoms with Gasteiger partial charge in [0.05, 0.1) is 12.8 Å². The average molecular weight is 381 g/mol. The molecule has 0 unspecified atom stereocenters. The Morgan fingerprint density at radius 1 is 1.30 bits per heavy atom. The van der Waals surface area contributed by atoms with Crippen molar-refractivity contribution in [2.24, 2.45) is 0 Å². The third kappa shape index (κ3) is 7.52. The van der Waals surface area contributed by atoms with Crippen LogP contribution in [0.4, 0.5) is 0 Å². The van der Waals surface area contributed by atoms with Crippen LogP contribution in [0.15, 0.2) is 18.2 Å². The van der Waals surface area contributed by atoms with Crippen LogP contribution in [-0.4, -0.2) is 44.5 Å². The van der Waals surface area contributed by atoms with Crippen LogP contribution in [-0.2, 0) is 21.2 Å². The van der Waals surface area contributed by atoms with E-state index in [0.29, 0.717) is 29.6 Å². The van der Waals surface area contributed by atoms with Crippen molar-refractivity contribution < 1.29 is 13.2 Å². The van der Waals surface area contributed by atoms with E-state index in [9.17, 15) is 13.2 Å². The topological polar surface area (TPSA) is 66.5 Å². The van der Waals surface area contributed by atoms with E-state index in [1.54, 1.807) is 18.2 Å². The van der Waals surface area contributed by atoms with Gasteiger partial charge in [-0.2, -0.15) is 4.31 Å². The van der Waals surface area contributed by atoms with E-state index in [4.69, 9.17) is 23.2 Å². The number of carbonyl (C=O) groups excluding carboxylic acids is 1. The van der Waals surface area contributed by atoms with E-state index in [1.165, 1.54) is 4.31 Å². The zero-order valence-corrected chi connectivity index (χ0v) is 15.6. The fourth-order valence-electron chi connectivity index (χ4n) is 1.97. The van der Waals surface area contributed by atoms with Crippen LogP contribution >= 0.6 is 23.2 Å². The Bertz CT molecular complexity index is 636. The minimum absolute atomic E-state index is 0.160. The van der Waals surface area contributed by atoms with Gasteiger partial charge in [-0.15, -0.1) is 0 Å². The number of carbonyl (C=O) groups is 1. The van der Waals surface area contributed by atoms with Gasteiger partial charge in [-0.05, 0) is 30.5 Å². The first-order valence-corrected chi connectivity index (χ1v) is 10.00. The van der Waals surface area contributed by atoms with E-state index < -0.39 is 10.0 Å². The molecule has 1 N–H and O–H groups in total. The fourth-order valence-corrected chi connectivity index (χ4v) is 3.29. The van der Waals surface area contributed by atoms with Crippen molar-refractivity contribution in [2.75, 3.05) is 25.9 Å². The zero-order chi connectivity index (χ0) is 17.5. The molecule has 23 heavy (non-hydrogen) atoms. The van der Waals surface area contributed by atoms with Crippen molar-refractivity contribution >= 4 is 39.1 Å². The van der Waals surface area contributed by atoms with Crippen molar-refractivity contribution in [3.8, 4) is 0 Å². The molecule has 0 atom stereocenters. The first-order chi connectivity index (χ1) is 10.7. The number of rotatable bonds is 9. The first kappa shape index (κ1) is 20.2. The Balaban J connectivity index is 2.49. The van der Waals surface area contributed by atoms with Crippen LogP contribution in [0.3, 0.4) is 0 Å². The van der Waals surface area contributed by atoms with Crippen LogP contribution < -0.4 is 5.32 Å². The maximum atomic E-state index is 11.9. The number of nitrogens with one attached hydrogen (secondary N) is 1. The maximum Gasteiger partial charge on any atom is 0.235 e. The van der Waals surface area contributed by atoms with Gasteiger partial charge in [0, 0.05) is 23.1 Å². The smallest absolute Gasteiger partial charge is 0.235 e. The number of hydrogen-bond acceptors (Lipinski definition) is 3. The van der Waals surface area contributed by atoms with Gasteiger partial charge in [-0.3, -0.25) is 4.79 Å². The number of amides is 1.